The van der Waals surface area contributed by atoms with Crippen molar-refractivity contribution in [3.8, 4) is 0 Å². The van der Waals surface area contributed by atoms with Crippen molar-refractivity contribution in [2.24, 2.45) is 0 Å². The van der Waals surface area contributed by atoms with Gasteiger partial charge in [-0.3, -0.25) is 4.90 Å². The zero-order valence-electron chi connectivity index (χ0n) is 11.0. The van der Waals surface area contributed by atoms with Crippen molar-refractivity contribution in [1.29, 1.82) is 0 Å². The van der Waals surface area contributed by atoms with Gasteiger partial charge < -0.3 is 9.47 Å². The molecule has 0 radical (unpaired) electrons. The summed E-state index contributed by atoms with van der Waals surface area (Å²) in [5.74, 6) is 0. The van der Waals surface area contributed by atoms with Gasteiger partial charge in [-0.05, 0) is 24.5 Å². The number of amides is 1. The lowest BCUT2D eigenvalue weighted by Crippen LogP contribution is -2.45. The second kappa shape index (κ2) is 6.52. The van der Waals surface area contributed by atoms with Crippen LogP contribution in [0.2, 0.25) is 0 Å². The lowest BCUT2D eigenvalue weighted by molar-refractivity contribution is 0.100. The summed E-state index contributed by atoms with van der Waals surface area (Å²) in [6.45, 7) is -0.0533. The number of nitrogens with zero attached hydrogens (tertiary/aromatic N) is 1. The van der Waals surface area contributed by atoms with Gasteiger partial charge in [0.15, 0.2) is 0 Å². The molecule has 1 aliphatic rings. The van der Waals surface area contributed by atoms with E-state index >= 15 is 0 Å². The Hall–Kier alpha value is -1.62. The summed E-state index contributed by atoms with van der Waals surface area (Å²) in [7, 11) is 1.54. The van der Waals surface area contributed by atoms with Crippen LogP contribution in [0.3, 0.4) is 0 Å². The Bertz CT molecular complexity index is 438. The minimum Gasteiger partial charge on any atom is -0.447 e. The largest absolute Gasteiger partial charge is 0.447 e. The van der Waals surface area contributed by atoms with Gasteiger partial charge in [0.05, 0.1) is 18.3 Å². The molecule has 0 saturated carbocycles. The van der Waals surface area contributed by atoms with Crippen LogP contribution in [-0.2, 0) is 15.9 Å². The number of hydrogen-bond donors (Lipinski definition) is 0. The van der Waals surface area contributed by atoms with Crippen LogP contribution in [0.25, 0.3) is 0 Å². The lowest BCUT2D eigenvalue weighted by atomic mass is 9.97. The van der Waals surface area contributed by atoms with Crippen LogP contribution in [0, 0.1) is 0 Å². The minimum atomic E-state index is -0.562. The summed E-state index contributed by atoms with van der Waals surface area (Å²) < 4.78 is 23.0. The van der Waals surface area contributed by atoms with E-state index < -0.39 is 18.8 Å². The van der Waals surface area contributed by atoms with Crippen molar-refractivity contribution in [3.05, 3.63) is 29.8 Å². The van der Waals surface area contributed by atoms with Crippen LogP contribution >= 0.6 is 0 Å². The van der Waals surface area contributed by atoms with Gasteiger partial charge >= 0.3 is 6.09 Å². The third-order valence-electron chi connectivity index (χ3n) is 3.25. The van der Waals surface area contributed by atoms with Crippen molar-refractivity contribution in [2.45, 2.75) is 18.9 Å². The molecule has 19 heavy (non-hydrogen) atoms. The van der Waals surface area contributed by atoms with Gasteiger partial charge in [-0.1, -0.05) is 18.2 Å². The topological polar surface area (TPSA) is 38.8 Å². The lowest BCUT2D eigenvalue weighted by Gasteiger charge is -2.34. The van der Waals surface area contributed by atoms with Crippen LogP contribution in [0.5, 0.6) is 0 Å². The summed E-state index contributed by atoms with van der Waals surface area (Å²) in [5.41, 5.74) is 1.80. The van der Waals surface area contributed by atoms with Crippen molar-refractivity contribution < 1.29 is 18.7 Å². The van der Waals surface area contributed by atoms with Crippen LogP contribution < -0.4 is 4.90 Å². The third-order valence-corrected chi connectivity index (χ3v) is 3.25. The van der Waals surface area contributed by atoms with E-state index in [-0.39, 0.29) is 6.61 Å². The smallest absolute Gasteiger partial charge is 0.414 e. The molecule has 1 aliphatic heterocycles. The monoisotopic (exact) mass is 267 g/mol. The maximum atomic E-state index is 13.1. The number of methoxy groups -OCH3 is 1. The zero-order valence-corrected chi connectivity index (χ0v) is 11.0. The first-order valence-corrected chi connectivity index (χ1v) is 6.36. The van der Waals surface area contributed by atoms with Crippen molar-refractivity contribution in [3.63, 3.8) is 0 Å². The number of halogens is 1. The van der Waals surface area contributed by atoms with Crippen LogP contribution in [0.15, 0.2) is 24.3 Å². The van der Waals surface area contributed by atoms with Gasteiger partial charge in [-0.2, -0.15) is 0 Å². The fraction of sp³-hybridized carbons (Fsp3) is 0.500. The molecule has 0 aromatic heterocycles. The predicted octanol–water partition coefficient (Wildman–Crippen LogP) is 2.56. The van der Waals surface area contributed by atoms with Gasteiger partial charge in [0.1, 0.15) is 13.3 Å². The summed E-state index contributed by atoms with van der Waals surface area (Å²) in [5, 5.41) is 0. The number of carbonyl (C=O) groups excluding carboxylic acids is 1. The molecule has 1 heterocycles. The number of anilines is 1. The molecule has 0 N–H and O–H groups in total. The first kappa shape index (κ1) is 13.8. The number of aryl methyl sites for hydroxylation is 1. The average molecular weight is 267 g/mol. The Kier molecular flexibility index (Phi) is 4.74. The first-order valence-electron chi connectivity index (χ1n) is 6.36. The average Bonchev–Trinajstić information content (AvgIpc) is 2.46. The zero-order chi connectivity index (χ0) is 13.7. The Morgan fingerprint density at radius 1 is 1.42 bits per heavy atom. The highest BCUT2D eigenvalue weighted by Crippen LogP contribution is 2.31. The number of carbonyl (C=O) groups is 1. The summed E-state index contributed by atoms with van der Waals surface area (Å²) in [4.78, 5) is 13.5. The fourth-order valence-corrected chi connectivity index (χ4v) is 2.28. The molecule has 1 amide bonds. The molecule has 1 unspecified atom stereocenters. The number of hydrogen-bond acceptors (Lipinski definition) is 3. The van der Waals surface area contributed by atoms with Crippen LogP contribution in [0.4, 0.5) is 14.9 Å². The number of alkyl halides is 1. The maximum absolute atomic E-state index is 13.1. The third kappa shape index (κ3) is 3.04. The number of para-hydroxylation sites is 1. The minimum absolute atomic E-state index is 0.174. The van der Waals surface area contributed by atoms with E-state index in [1.807, 2.05) is 24.3 Å². The quantitative estimate of drug-likeness (QED) is 0.787. The SMILES string of the molecule is COCCOC(=O)N1c2ccccc2CCC1CF. The maximum Gasteiger partial charge on any atom is 0.414 e. The van der Waals surface area contributed by atoms with Gasteiger partial charge in [-0.25, -0.2) is 9.18 Å². The fourth-order valence-electron chi connectivity index (χ4n) is 2.28. The molecular formula is C14H18FNO3. The van der Waals surface area contributed by atoms with E-state index in [1.54, 1.807) is 0 Å². The van der Waals surface area contributed by atoms with E-state index in [9.17, 15) is 9.18 Å². The Morgan fingerprint density at radius 2 is 2.21 bits per heavy atom. The molecule has 1 aromatic rings. The van der Waals surface area contributed by atoms with Crippen molar-refractivity contribution >= 4 is 11.8 Å². The second-order valence-electron chi connectivity index (χ2n) is 4.45. The first-order chi connectivity index (χ1) is 9.27. The molecule has 0 aliphatic carbocycles. The Balaban J connectivity index is 2.17. The molecule has 1 atom stereocenters. The Morgan fingerprint density at radius 3 is 2.95 bits per heavy atom. The number of ether oxygens (including phenoxy) is 2. The molecule has 0 saturated heterocycles. The van der Waals surface area contributed by atoms with Crippen LogP contribution in [0.1, 0.15) is 12.0 Å². The highest BCUT2D eigenvalue weighted by molar-refractivity contribution is 5.90. The van der Waals surface area contributed by atoms with Crippen molar-refractivity contribution in [1.82, 2.24) is 0 Å². The molecule has 104 valence electrons. The number of fused-ring (bicyclic) bond motifs is 1. The molecule has 0 spiro atoms. The number of rotatable bonds is 4. The standard InChI is InChI=1S/C14H18FNO3/c1-18-8-9-19-14(17)16-12(10-15)7-6-11-4-2-3-5-13(11)16/h2-5,12H,6-10H2,1H3. The molecule has 2 rings (SSSR count). The van der Waals surface area contributed by atoms with E-state index in [0.29, 0.717) is 13.0 Å². The molecule has 0 bridgehead atoms. The molecular weight excluding hydrogens is 249 g/mol. The van der Waals surface area contributed by atoms with Crippen molar-refractivity contribution in [2.75, 3.05) is 31.9 Å². The summed E-state index contributed by atoms with van der Waals surface area (Å²) >= 11 is 0. The summed E-state index contributed by atoms with van der Waals surface area (Å²) in [6.07, 6.45) is 0.895. The van der Waals surface area contributed by atoms with E-state index in [2.05, 4.69) is 0 Å². The van der Waals surface area contributed by atoms with Gasteiger partial charge in [0.2, 0.25) is 0 Å². The molecule has 4 nitrogen and oxygen atoms in total. The molecule has 5 heteroatoms. The summed E-state index contributed by atoms with van der Waals surface area (Å²) in [6, 6.07) is 7.11. The second-order valence-corrected chi connectivity index (χ2v) is 4.45. The van der Waals surface area contributed by atoms with Crippen LogP contribution in [-0.4, -0.2) is 39.1 Å². The van der Waals surface area contributed by atoms with Gasteiger partial charge in [0, 0.05) is 7.11 Å². The predicted molar refractivity (Wildman–Crippen MR) is 70.2 cm³/mol. The van der Waals surface area contributed by atoms with E-state index in [1.165, 1.54) is 12.0 Å². The van der Waals surface area contributed by atoms with E-state index in [4.69, 9.17) is 9.47 Å². The van der Waals surface area contributed by atoms with E-state index in [0.717, 1.165) is 17.7 Å². The highest BCUT2D eigenvalue weighted by atomic mass is 19.1. The normalized spacial score (nSPS) is 18.0. The van der Waals surface area contributed by atoms with Gasteiger partial charge in [0.25, 0.3) is 0 Å². The molecule has 1 aromatic carbocycles. The highest BCUT2D eigenvalue weighted by Gasteiger charge is 2.31. The van der Waals surface area contributed by atoms with Gasteiger partial charge in [-0.15, -0.1) is 0 Å². The number of benzene rings is 1. The Labute approximate surface area is 112 Å². The molecule has 0 fully saturated rings.